The minimum atomic E-state index is -3.75. The van der Waals surface area contributed by atoms with Gasteiger partial charge in [0.2, 0.25) is 10.0 Å². The average Bonchev–Trinajstić information content (AvgIpc) is 2.22. The number of rotatable bonds is 4. The van der Waals surface area contributed by atoms with E-state index < -0.39 is 15.8 Å². The molecular weight excluding hydrogens is 243 g/mol. The van der Waals surface area contributed by atoms with Crippen molar-refractivity contribution in [3.8, 4) is 0 Å². The summed E-state index contributed by atoms with van der Waals surface area (Å²) in [6, 6.07) is 2.19. The van der Waals surface area contributed by atoms with Gasteiger partial charge in [-0.1, -0.05) is 12.2 Å². The number of hydrogen-bond acceptors (Lipinski definition) is 3. The van der Waals surface area contributed by atoms with Gasteiger partial charge in [-0.2, -0.15) is 0 Å². The molecule has 0 aromatic heterocycles. The highest BCUT2D eigenvalue weighted by Gasteiger charge is 2.16. The smallest absolute Gasteiger partial charge is 0.241 e. The van der Waals surface area contributed by atoms with Crippen LogP contribution in [0.2, 0.25) is 0 Å². The van der Waals surface area contributed by atoms with Crippen LogP contribution in [-0.4, -0.2) is 15.0 Å². The quantitative estimate of drug-likeness (QED) is 0.636. The van der Waals surface area contributed by atoms with Gasteiger partial charge in [-0.05, 0) is 26.0 Å². The third-order valence-electron chi connectivity index (χ3n) is 2.23. The Balaban J connectivity index is 3.12. The zero-order chi connectivity index (χ0) is 13.2. The summed E-state index contributed by atoms with van der Waals surface area (Å²) < 4.78 is 39.2. The van der Waals surface area contributed by atoms with Gasteiger partial charge in [-0.25, -0.2) is 17.5 Å². The van der Waals surface area contributed by atoms with E-state index in [4.69, 9.17) is 5.73 Å². The Labute approximate surface area is 100 Å². The van der Waals surface area contributed by atoms with Crippen LogP contribution in [0.15, 0.2) is 29.2 Å². The predicted molar refractivity (Wildman–Crippen MR) is 65.6 cm³/mol. The first kappa shape index (κ1) is 13.7. The molecule has 0 aliphatic heterocycles. The number of halogens is 1. The minimum Gasteiger partial charge on any atom is -0.398 e. The van der Waals surface area contributed by atoms with Crippen LogP contribution in [0.3, 0.4) is 0 Å². The lowest BCUT2D eigenvalue weighted by atomic mass is 10.2. The monoisotopic (exact) mass is 258 g/mol. The molecule has 0 atom stereocenters. The van der Waals surface area contributed by atoms with E-state index in [1.807, 2.05) is 0 Å². The summed E-state index contributed by atoms with van der Waals surface area (Å²) >= 11 is 0. The van der Waals surface area contributed by atoms with Crippen LogP contribution in [0.25, 0.3) is 0 Å². The zero-order valence-electron chi connectivity index (χ0n) is 9.75. The highest BCUT2D eigenvalue weighted by molar-refractivity contribution is 7.89. The van der Waals surface area contributed by atoms with Crippen molar-refractivity contribution in [1.29, 1.82) is 0 Å². The first-order chi connectivity index (χ1) is 7.74. The molecule has 4 nitrogen and oxygen atoms in total. The lowest BCUT2D eigenvalue weighted by Gasteiger charge is -2.09. The minimum absolute atomic E-state index is 0.109. The first-order valence-electron chi connectivity index (χ1n) is 4.93. The number of sulfonamides is 1. The van der Waals surface area contributed by atoms with Gasteiger partial charge in [0.05, 0.1) is 4.90 Å². The van der Waals surface area contributed by atoms with Crippen molar-refractivity contribution in [2.75, 3.05) is 12.3 Å². The number of nitrogens with one attached hydrogen (secondary N) is 1. The predicted octanol–water partition coefficient (Wildman–Crippen LogP) is 1.57. The number of hydrogen-bond donors (Lipinski definition) is 2. The molecule has 0 amide bonds. The average molecular weight is 258 g/mol. The van der Waals surface area contributed by atoms with E-state index in [0.717, 1.165) is 6.07 Å². The Hall–Kier alpha value is -1.40. The Morgan fingerprint density at radius 1 is 1.53 bits per heavy atom. The maximum atomic E-state index is 13.4. The van der Waals surface area contributed by atoms with Crippen LogP contribution in [0.4, 0.5) is 10.1 Å². The molecular formula is C11H15FN2O2S. The molecule has 0 radical (unpaired) electrons. The topological polar surface area (TPSA) is 72.2 Å². The Morgan fingerprint density at radius 2 is 2.12 bits per heavy atom. The molecule has 0 unspecified atom stereocenters. The van der Waals surface area contributed by atoms with Crippen molar-refractivity contribution >= 4 is 15.7 Å². The number of nitrogen functional groups attached to an aromatic ring is 1. The lowest BCUT2D eigenvalue weighted by molar-refractivity contribution is 0.579. The fraction of sp³-hybridized carbons (Fsp3) is 0.273. The Morgan fingerprint density at radius 3 is 2.59 bits per heavy atom. The van der Waals surface area contributed by atoms with E-state index in [0.29, 0.717) is 5.57 Å². The maximum Gasteiger partial charge on any atom is 0.241 e. The Kier molecular flexibility index (Phi) is 3.90. The molecule has 0 heterocycles. The second-order valence-corrected chi connectivity index (χ2v) is 5.67. The number of nitrogens with two attached hydrogens (primary N) is 1. The number of anilines is 1. The molecule has 94 valence electrons. The van der Waals surface area contributed by atoms with E-state index in [-0.39, 0.29) is 22.7 Å². The molecule has 3 N–H and O–H groups in total. The molecule has 17 heavy (non-hydrogen) atoms. The van der Waals surface area contributed by atoms with Crippen LogP contribution >= 0.6 is 0 Å². The second-order valence-electron chi connectivity index (χ2n) is 3.90. The maximum absolute atomic E-state index is 13.4. The number of benzene rings is 1. The van der Waals surface area contributed by atoms with Crippen molar-refractivity contribution < 1.29 is 12.8 Å². The third-order valence-corrected chi connectivity index (χ3v) is 3.61. The largest absolute Gasteiger partial charge is 0.398 e. The van der Waals surface area contributed by atoms with E-state index in [1.165, 1.54) is 13.0 Å². The van der Waals surface area contributed by atoms with Crippen molar-refractivity contribution in [1.82, 2.24) is 4.72 Å². The van der Waals surface area contributed by atoms with Crippen molar-refractivity contribution in [2.24, 2.45) is 0 Å². The van der Waals surface area contributed by atoms with Gasteiger partial charge in [0.25, 0.3) is 0 Å². The molecule has 0 bridgehead atoms. The van der Waals surface area contributed by atoms with E-state index in [2.05, 4.69) is 11.3 Å². The molecule has 6 heteroatoms. The summed E-state index contributed by atoms with van der Waals surface area (Å²) in [5.41, 5.74) is 6.54. The van der Waals surface area contributed by atoms with Gasteiger partial charge in [0.1, 0.15) is 5.82 Å². The molecule has 1 rings (SSSR count). The molecule has 0 spiro atoms. The van der Waals surface area contributed by atoms with Crippen LogP contribution < -0.4 is 10.5 Å². The molecule has 0 saturated heterocycles. The molecule has 0 aliphatic rings. The van der Waals surface area contributed by atoms with Crippen LogP contribution in [0, 0.1) is 12.7 Å². The fourth-order valence-corrected chi connectivity index (χ4v) is 2.27. The van der Waals surface area contributed by atoms with Gasteiger partial charge in [-0.15, -0.1) is 0 Å². The third kappa shape index (κ3) is 3.28. The fourth-order valence-electron chi connectivity index (χ4n) is 1.13. The zero-order valence-corrected chi connectivity index (χ0v) is 10.6. The molecule has 0 aliphatic carbocycles. The second kappa shape index (κ2) is 4.85. The van der Waals surface area contributed by atoms with E-state index >= 15 is 0 Å². The molecule has 0 saturated carbocycles. The summed E-state index contributed by atoms with van der Waals surface area (Å²) in [6.45, 7) is 6.86. The standard InChI is InChI=1S/C11H15FN2O2S/c1-7(2)6-14-17(15,16)9-4-10(12)8(3)11(13)5-9/h4-5,14H,1,6,13H2,2-3H3. The van der Waals surface area contributed by atoms with Crippen LogP contribution in [-0.2, 0) is 10.0 Å². The summed E-state index contributed by atoms with van der Waals surface area (Å²) in [4.78, 5) is -0.181. The summed E-state index contributed by atoms with van der Waals surface area (Å²) in [5.74, 6) is -0.638. The molecule has 1 aromatic carbocycles. The summed E-state index contributed by atoms with van der Waals surface area (Å²) in [5, 5.41) is 0. The van der Waals surface area contributed by atoms with Gasteiger partial charge >= 0.3 is 0 Å². The highest BCUT2D eigenvalue weighted by atomic mass is 32.2. The normalized spacial score (nSPS) is 11.5. The van der Waals surface area contributed by atoms with Crippen molar-refractivity contribution in [3.05, 3.63) is 35.7 Å². The van der Waals surface area contributed by atoms with Crippen LogP contribution in [0.1, 0.15) is 12.5 Å². The lowest BCUT2D eigenvalue weighted by Crippen LogP contribution is -2.25. The van der Waals surface area contributed by atoms with E-state index in [1.54, 1.807) is 6.92 Å². The first-order valence-corrected chi connectivity index (χ1v) is 6.42. The van der Waals surface area contributed by atoms with Crippen molar-refractivity contribution in [3.63, 3.8) is 0 Å². The highest BCUT2D eigenvalue weighted by Crippen LogP contribution is 2.20. The van der Waals surface area contributed by atoms with Gasteiger partial charge in [0.15, 0.2) is 0 Å². The van der Waals surface area contributed by atoms with Crippen molar-refractivity contribution in [2.45, 2.75) is 18.7 Å². The van der Waals surface area contributed by atoms with Crippen LogP contribution in [0.5, 0.6) is 0 Å². The van der Waals surface area contributed by atoms with E-state index in [9.17, 15) is 12.8 Å². The van der Waals surface area contributed by atoms with Gasteiger partial charge < -0.3 is 5.73 Å². The molecule has 1 aromatic rings. The SMILES string of the molecule is C=C(C)CNS(=O)(=O)c1cc(N)c(C)c(F)c1. The van der Waals surface area contributed by atoms with Gasteiger partial charge in [0, 0.05) is 17.8 Å². The molecule has 0 fully saturated rings. The Bertz CT molecular complexity index is 530. The summed E-state index contributed by atoms with van der Waals surface area (Å²) in [6.07, 6.45) is 0. The summed E-state index contributed by atoms with van der Waals surface area (Å²) in [7, 11) is -3.75. The van der Waals surface area contributed by atoms with Gasteiger partial charge in [-0.3, -0.25) is 0 Å².